The molecule has 0 radical (unpaired) electrons. The molecule has 1 N–H and O–H groups in total. The highest BCUT2D eigenvalue weighted by Crippen LogP contribution is 2.20. The zero-order chi connectivity index (χ0) is 14.4. The molecule has 2 rings (SSSR count). The van der Waals surface area contributed by atoms with Crippen LogP contribution in [0.2, 0.25) is 0 Å². The second-order valence-corrected chi connectivity index (χ2v) is 5.40. The van der Waals surface area contributed by atoms with Gasteiger partial charge in [-0.2, -0.15) is 0 Å². The molecule has 0 aromatic heterocycles. The van der Waals surface area contributed by atoms with E-state index >= 15 is 0 Å². The summed E-state index contributed by atoms with van der Waals surface area (Å²) < 4.78 is 16.6. The lowest BCUT2D eigenvalue weighted by Gasteiger charge is -2.23. The van der Waals surface area contributed by atoms with Crippen LogP contribution in [0.1, 0.15) is 38.4 Å². The Morgan fingerprint density at radius 1 is 1.20 bits per heavy atom. The van der Waals surface area contributed by atoms with Crippen LogP contribution in [0.15, 0.2) is 24.3 Å². The van der Waals surface area contributed by atoms with Crippen LogP contribution >= 0.6 is 0 Å². The Hall–Kier alpha value is -1.10. The van der Waals surface area contributed by atoms with E-state index in [4.69, 9.17) is 14.2 Å². The molecular weight excluding hydrogens is 256 g/mol. The summed E-state index contributed by atoms with van der Waals surface area (Å²) in [7, 11) is 0. The fourth-order valence-electron chi connectivity index (χ4n) is 2.21. The Morgan fingerprint density at radius 3 is 2.45 bits per heavy atom. The van der Waals surface area contributed by atoms with Crippen LogP contribution in [-0.4, -0.2) is 37.1 Å². The van der Waals surface area contributed by atoms with Gasteiger partial charge in [-0.05, 0) is 44.4 Å². The zero-order valence-corrected chi connectivity index (χ0v) is 12.2. The molecule has 0 aliphatic carbocycles. The van der Waals surface area contributed by atoms with E-state index in [1.165, 1.54) is 0 Å². The highest BCUT2D eigenvalue weighted by Gasteiger charge is 2.16. The van der Waals surface area contributed by atoms with E-state index in [9.17, 15) is 5.11 Å². The fraction of sp³-hybridized carbons (Fsp3) is 0.625. The molecule has 0 amide bonds. The average Bonchev–Trinajstić information content (AvgIpc) is 2.46. The normalized spacial score (nSPS) is 18.2. The van der Waals surface area contributed by atoms with E-state index in [0.717, 1.165) is 37.4 Å². The predicted molar refractivity (Wildman–Crippen MR) is 77.0 cm³/mol. The van der Waals surface area contributed by atoms with Crippen molar-refractivity contribution in [3.63, 3.8) is 0 Å². The smallest absolute Gasteiger partial charge is 0.119 e. The SMILES string of the molecule is CC(C)Oc1ccc(C(O)COC2CCOCC2)cc1. The highest BCUT2D eigenvalue weighted by atomic mass is 16.5. The Bertz CT molecular complexity index is 382. The fourth-order valence-corrected chi connectivity index (χ4v) is 2.21. The van der Waals surface area contributed by atoms with Gasteiger partial charge in [-0.25, -0.2) is 0 Å². The standard InChI is InChI=1S/C16H24O4/c1-12(2)20-15-5-3-13(4-6-15)16(17)11-19-14-7-9-18-10-8-14/h3-6,12,14,16-17H,7-11H2,1-2H3. The van der Waals surface area contributed by atoms with Crippen LogP contribution in [0, 0.1) is 0 Å². The van der Waals surface area contributed by atoms with Gasteiger partial charge in [0.25, 0.3) is 0 Å². The summed E-state index contributed by atoms with van der Waals surface area (Å²) in [5, 5.41) is 10.1. The molecule has 1 atom stereocenters. The van der Waals surface area contributed by atoms with Gasteiger partial charge in [-0.1, -0.05) is 12.1 Å². The Morgan fingerprint density at radius 2 is 1.85 bits per heavy atom. The first kappa shape index (κ1) is 15.3. The number of benzene rings is 1. The summed E-state index contributed by atoms with van der Waals surface area (Å²) in [5.41, 5.74) is 0.855. The van der Waals surface area contributed by atoms with Crippen molar-refractivity contribution in [3.05, 3.63) is 29.8 Å². The van der Waals surface area contributed by atoms with Crippen molar-refractivity contribution in [3.8, 4) is 5.75 Å². The van der Waals surface area contributed by atoms with Crippen LogP contribution in [0.25, 0.3) is 0 Å². The third-order valence-corrected chi connectivity index (χ3v) is 3.29. The molecule has 1 saturated heterocycles. The minimum atomic E-state index is -0.592. The summed E-state index contributed by atoms with van der Waals surface area (Å²) in [6.07, 6.45) is 1.59. The second-order valence-electron chi connectivity index (χ2n) is 5.40. The third-order valence-electron chi connectivity index (χ3n) is 3.29. The van der Waals surface area contributed by atoms with Crippen LogP contribution in [0.5, 0.6) is 5.75 Å². The van der Waals surface area contributed by atoms with E-state index in [2.05, 4.69) is 0 Å². The van der Waals surface area contributed by atoms with Gasteiger partial charge >= 0.3 is 0 Å². The molecule has 1 heterocycles. The van der Waals surface area contributed by atoms with Gasteiger partial charge in [0, 0.05) is 13.2 Å². The lowest BCUT2D eigenvalue weighted by atomic mass is 10.1. The zero-order valence-electron chi connectivity index (χ0n) is 12.2. The van der Waals surface area contributed by atoms with Crippen LogP contribution in [0.3, 0.4) is 0 Å². The molecule has 20 heavy (non-hydrogen) atoms. The molecule has 1 fully saturated rings. The van der Waals surface area contributed by atoms with Crippen molar-refractivity contribution >= 4 is 0 Å². The first-order chi connectivity index (χ1) is 9.65. The molecule has 1 aliphatic heterocycles. The minimum absolute atomic E-state index is 0.155. The molecule has 4 heteroatoms. The molecular formula is C16H24O4. The first-order valence-corrected chi connectivity index (χ1v) is 7.29. The summed E-state index contributed by atoms with van der Waals surface area (Å²) >= 11 is 0. The van der Waals surface area contributed by atoms with E-state index in [0.29, 0.717) is 6.61 Å². The molecule has 1 aliphatic rings. The van der Waals surface area contributed by atoms with Crippen LogP contribution < -0.4 is 4.74 Å². The summed E-state index contributed by atoms with van der Waals surface area (Å²) in [4.78, 5) is 0. The number of hydrogen-bond acceptors (Lipinski definition) is 4. The van der Waals surface area contributed by atoms with Gasteiger partial charge in [0.05, 0.1) is 18.8 Å². The van der Waals surface area contributed by atoms with Crippen molar-refractivity contribution < 1.29 is 19.3 Å². The van der Waals surface area contributed by atoms with Crippen molar-refractivity contribution in [2.75, 3.05) is 19.8 Å². The Labute approximate surface area is 120 Å². The number of aliphatic hydroxyl groups is 1. The first-order valence-electron chi connectivity index (χ1n) is 7.29. The molecule has 112 valence electrons. The van der Waals surface area contributed by atoms with Gasteiger partial charge < -0.3 is 19.3 Å². The van der Waals surface area contributed by atoms with Gasteiger partial charge in [0.1, 0.15) is 11.9 Å². The molecule has 0 saturated carbocycles. The molecule has 4 nitrogen and oxygen atoms in total. The maximum Gasteiger partial charge on any atom is 0.119 e. The van der Waals surface area contributed by atoms with Gasteiger partial charge in [0.2, 0.25) is 0 Å². The maximum atomic E-state index is 10.1. The molecule has 1 unspecified atom stereocenters. The molecule has 1 aromatic rings. The van der Waals surface area contributed by atoms with E-state index in [1.807, 2.05) is 38.1 Å². The van der Waals surface area contributed by atoms with Crippen LogP contribution in [0.4, 0.5) is 0 Å². The van der Waals surface area contributed by atoms with Gasteiger partial charge in [0.15, 0.2) is 0 Å². The van der Waals surface area contributed by atoms with Crippen molar-refractivity contribution in [1.82, 2.24) is 0 Å². The average molecular weight is 280 g/mol. The Kier molecular flexibility index (Phi) is 5.83. The van der Waals surface area contributed by atoms with Crippen LogP contribution in [-0.2, 0) is 9.47 Å². The van der Waals surface area contributed by atoms with Gasteiger partial charge in [-0.15, -0.1) is 0 Å². The Balaban J connectivity index is 1.80. The topological polar surface area (TPSA) is 47.9 Å². The third kappa shape index (κ3) is 4.78. The second kappa shape index (κ2) is 7.62. The summed E-state index contributed by atoms with van der Waals surface area (Å²) in [5.74, 6) is 0.821. The summed E-state index contributed by atoms with van der Waals surface area (Å²) in [6.45, 7) is 5.81. The number of hydrogen-bond donors (Lipinski definition) is 1. The largest absolute Gasteiger partial charge is 0.491 e. The maximum absolute atomic E-state index is 10.1. The lowest BCUT2D eigenvalue weighted by Crippen LogP contribution is -2.25. The van der Waals surface area contributed by atoms with E-state index < -0.39 is 6.10 Å². The molecule has 0 bridgehead atoms. The number of aliphatic hydroxyl groups excluding tert-OH is 1. The lowest BCUT2D eigenvalue weighted by molar-refractivity contribution is -0.0598. The van der Waals surface area contributed by atoms with Gasteiger partial charge in [-0.3, -0.25) is 0 Å². The van der Waals surface area contributed by atoms with Crippen molar-refractivity contribution in [1.29, 1.82) is 0 Å². The number of ether oxygens (including phenoxy) is 3. The quantitative estimate of drug-likeness (QED) is 0.870. The molecule has 0 spiro atoms. The highest BCUT2D eigenvalue weighted by molar-refractivity contribution is 5.28. The minimum Gasteiger partial charge on any atom is -0.491 e. The monoisotopic (exact) mass is 280 g/mol. The summed E-state index contributed by atoms with van der Waals surface area (Å²) in [6, 6.07) is 7.53. The number of rotatable bonds is 6. The van der Waals surface area contributed by atoms with Crippen molar-refractivity contribution in [2.24, 2.45) is 0 Å². The van der Waals surface area contributed by atoms with E-state index in [-0.39, 0.29) is 12.2 Å². The predicted octanol–water partition coefficient (Wildman–Crippen LogP) is 2.70. The van der Waals surface area contributed by atoms with Crippen molar-refractivity contribution in [2.45, 2.75) is 45.0 Å². The van der Waals surface area contributed by atoms with E-state index in [1.54, 1.807) is 0 Å². The molecule has 1 aromatic carbocycles.